The number of carbonyl (C=O) groups excluding carboxylic acids is 2. The van der Waals surface area contributed by atoms with Crippen LogP contribution in [-0.4, -0.2) is 24.7 Å². The zero-order valence-electron chi connectivity index (χ0n) is 13.9. The second kappa shape index (κ2) is 8.40. The van der Waals surface area contributed by atoms with Crippen molar-refractivity contribution < 1.29 is 14.3 Å². The SMILES string of the molecule is COc1ccc(NC(=O)CSc2ccccc2C)cc1NC(C)=O. The van der Waals surface area contributed by atoms with Crippen LogP contribution in [0.3, 0.4) is 0 Å². The lowest BCUT2D eigenvalue weighted by Gasteiger charge is -2.12. The molecule has 6 heteroatoms. The van der Waals surface area contributed by atoms with Gasteiger partial charge in [0, 0.05) is 17.5 Å². The van der Waals surface area contributed by atoms with Crippen molar-refractivity contribution in [1.82, 2.24) is 0 Å². The molecular formula is C18H20N2O3S. The highest BCUT2D eigenvalue weighted by atomic mass is 32.2. The Morgan fingerprint density at radius 3 is 2.54 bits per heavy atom. The molecule has 2 aromatic rings. The van der Waals surface area contributed by atoms with Crippen LogP contribution in [0, 0.1) is 6.92 Å². The van der Waals surface area contributed by atoms with Crippen LogP contribution in [0.4, 0.5) is 11.4 Å². The van der Waals surface area contributed by atoms with Crippen molar-refractivity contribution in [2.24, 2.45) is 0 Å². The molecule has 0 atom stereocenters. The lowest BCUT2D eigenvalue weighted by Crippen LogP contribution is -2.15. The van der Waals surface area contributed by atoms with Gasteiger partial charge < -0.3 is 15.4 Å². The Kier molecular flexibility index (Phi) is 6.26. The molecule has 0 unspecified atom stereocenters. The van der Waals surface area contributed by atoms with Gasteiger partial charge in [0.15, 0.2) is 0 Å². The summed E-state index contributed by atoms with van der Waals surface area (Å²) in [5.41, 5.74) is 2.27. The smallest absolute Gasteiger partial charge is 0.234 e. The van der Waals surface area contributed by atoms with E-state index in [-0.39, 0.29) is 11.8 Å². The van der Waals surface area contributed by atoms with E-state index in [9.17, 15) is 9.59 Å². The van der Waals surface area contributed by atoms with Crippen LogP contribution in [0.15, 0.2) is 47.4 Å². The number of nitrogens with one attached hydrogen (secondary N) is 2. The number of anilines is 2. The summed E-state index contributed by atoms with van der Waals surface area (Å²) in [5, 5.41) is 5.51. The van der Waals surface area contributed by atoms with Gasteiger partial charge in [-0.2, -0.15) is 0 Å². The van der Waals surface area contributed by atoms with Crippen LogP contribution in [0.2, 0.25) is 0 Å². The van der Waals surface area contributed by atoms with E-state index in [2.05, 4.69) is 10.6 Å². The number of ether oxygens (including phenoxy) is 1. The summed E-state index contributed by atoms with van der Waals surface area (Å²) in [4.78, 5) is 24.5. The van der Waals surface area contributed by atoms with E-state index >= 15 is 0 Å². The molecule has 0 fully saturated rings. The number of amides is 2. The summed E-state index contributed by atoms with van der Waals surface area (Å²) in [7, 11) is 1.53. The molecule has 126 valence electrons. The molecular weight excluding hydrogens is 324 g/mol. The molecule has 2 amide bonds. The Morgan fingerprint density at radius 2 is 1.88 bits per heavy atom. The van der Waals surface area contributed by atoms with E-state index in [0.29, 0.717) is 22.9 Å². The summed E-state index contributed by atoms with van der Waals surface area (Å²) in [6, 6.07) is 13.1. The van der Waals surface area contributed by atoms with E-state index < -0.39 is 0 Å². The summed E-state index contributed by atoms with van der Waals surface area (Å²) >= 11 is 1.49. The van der Waals surface area contributed by atoms with Crippen LogP contribution < -0.4 is 15.4 Å². The number of thioether (sulfide) groups is 1. The first-order valence-corrected chi connectivity index (χ1v) is 8.42. The first-order valence-electron chi connectivity index (χ1n) is 7.43. The number of aryl methyl sites for hydroxylation is 1. The van der Waals surface area contributed by atoms with Gasteiger partial charge in [-0.3, -0.25) is 9.59 Å². The van der Waals surface area contributed by atoms with Crippen molar-refractivity contribution in [3.63, 3.8) is 0 Å². The number of hydrogen-bond acceptors (Lipinski definition) is 4. The molecule has 2 aromatic carbocycles. The quantitative estimate of drug-likeness (QED) is 0.784. The Hall–Kier alpha value is -2.47. The standard InChI is InChI=1S/C18H20N2O3S/c1-12-6-4-5-7-17(12)24-11-18(22)20-14-8-9-16(23-3)15(10-14)19-13(2)21/h4-10H,11H2,1-3H3,(H,19,21)(H,20,22). The fraction of sp³-hybridized carbons (Fsp3) is 0.222. The molecule has 0 saturated heterocycles. The molecule has 2 rings (SSSR count). The van der Waals surface area contributed by atoms with Crippen LogP contribution in [0.5, 0.6) is 5.75 Å². The Labute approximate surface area is 145 Å². The van der Waals surface area contributed by atoms with Crippen molar-refractivity contribution in [3.8, 4) is 5.75 Å². The maximum Gasteiger partial charge on any atom is 0.234 e. The number of hydrogen-bond donors (Lipinski definition) is 2. The maximum absolute atomic E-state index is 12.1. The summed E-state index contributed by atoms with van der Waals surface area (Å²) in [6.07, 6.45) is 0. The number of benzene rings is 2. The molecule has 0 radical (unpaired) electrons. The summed E-state index contributed by atoms with van der Waals surface area (Å²) < 4.78 is 5.19. The summed E-state index contributed by atoms with van der Waals surface area (Å²) in [5.74, 6) is 0.540. The lowest BCUT2D eigenvalue weighted by atomic mass is 10.2. The molecule has 0 aliphatic carbocycles. The molecule has 0 saturated carbocycles. The van der Waals surface area contributed by atoms with E-state index in [1.807, 2.05) is 31.2 Å². The highest BCUT2D eigenvalue weighted by molar-refractivity contribution is 8.00. The molecule has 24 heavy (non-hydrogen) atoms. The highest BCUT2D eigenvalue weighted by Gasteiger charge is 2.09. The minimum Gasteiger partial charge on any atom is -0.495 e. The largest absolute Gasteiger partial charge is 0.495 e. The number of methoxy groups -OCH3 is 1. The third-order valence-electron chi connectivity index (χ3n) is 3.25. The Balaban J connectivity index is 2.01. The highest BCUT2D eigenvalue weighted by Crippen LogP contribution is 2.28. The van der Waals surface area contributed by atoms with Crippen molar-refractivity contribution in [2.75, 3.05) is 23.5 Å². The van der Waals surface area contributed by atoms with Crippen molar-refractivity contribution in [2.45, 2.75) is 18.7 Å². The van der Waals surface area contributed by atoms with Gasteiger partial charge >= 0.3 is 0 Å². The van der Waals surface area contributed by atoms with Gasteiger partial charge in [-0.25, -0.2) is 0 Å². The normalized spacial score (nSPS) is 10.1. The molecule has 0 bridgehead atoms. The van der Waals surface area contributed by atoms with Crippen LogP contribution in [0.25, 0.3) is 0 Å². The minimum atomic E-state index is -0.202. The second-order valence-electron chi connectivity index (χ2n) is 5.20. The molecule has 0 aliphatic heterocycles. The van der Waals surface area contributed by atoms with Crippen molar-refractivity contribution >= 4 is 35.0 Å². The van der Waals surface area contributed by atoms with Gasteiger partial charge in [-0.15, -0.1) is 11.8 Å². The molecule has 5 nitrogen and oxygen atoms in total. The Morgan fingerprint density at radius 1 is 1.12 bits per heavy atom. The van der Waals surface area contributed by atoms with Crippen LogP contribution >= 0.6 is 11.8 Å². The fourth-order valence-electron chi connectivity index (χ4n) is 2.13. The monoisotopic (exact) mass is 344 g/mol. The molecule has 0 heterocycles. The summed E-state index contributed by atoms with van der Waals surface area (Å²) in [6.45, 7) is 3.44. The van der Waals surface area contributed by atoms with Gasteiger partial charge in [0.25, 0.3) is 0 Å². The molecule has 0 aliphatic rings. The molecule has 0 spiro atoms. The number of carbonyl (C=O) groups is 2. The van der Waals surface area contributed by atoms with Gasteiger partial charge in [0.2, 0.25) is 11.8 Å². The van der Waals surface area contributed by atoms with Gasteiger partial charge in [0.1, 0.15) is 5.75 Å². The zero-order valence-corrected chi connectivity index (χ0v) is 14.7. The average Bonchev–Trinajstić information content (AvgIpc) is 2.54. The maximum atomic E-state index is 12.1. The van der Waals surface area contributed by atoms with Crippen molar-refractivity contribution in [1.29, 1.82) is 0 Å². The third-order valence-corrected chi connectivity index (χ3v) is 4.42. The lowest BCUT2D eigenvalue weighted by molar-refractivity contribution is -0.114. The number of rotatable bonds is 6. The predicted molar refractivity (Wildman–Crippen MR) is 97.8 cm³/mol. The fourth-order valence-corrected chi connectivity index (χ4v) is 2.96. The van der Waals surface area contributed by atoms with E-state index in [1.54, 1.807) is 18.2 Å². The first kappa shape index (κ1) is 17.9. The molecule has 2 N–H and O–H groups in total. The van der Waals surface area contributed by atoms with E-state index in [4.69, 9.17) is 4.74 Å². The van der Waals surface area contributed by atoms with E-state index in [0.717, 1.165) is 10.5 Å². The second-order valence-corrected chi connectivity index (χ2v) is 6.22. The topological polar surface area (TPSA) is 67.4 Å². The third kappa shape index (κ3) is 5.03. The minimum absolute atomic E-state index is 0.109. The van der Waals surface area contributed by atoms with Crippen LogP contribution in [0.1, 0.15) is 12.5 Å². The zero-order chi connectivity index (χ0) is 17.5. The van der Waals surface area contributed by atoms with Gasteiger partial charge in [-0.1, -0.05) is 18.2 Å². The van der Waals surface area contributed by atoms with E-state index in [1.165, 1.54) is 25.8 Å². The predicted octanol–water partition coefficient (Wildman–Crippen LogP) is 3.69. The van der Waals surface area contributed by atoms with Gasteiger partial charge in [0.05, 0.1) is 18.6 Å². The Bertz CT molecular complexity index is 747. The first-order chi connectivity index (χ1) is 11.5. The molecule has 0 aromatic heterocycles. The van der Waals surface area contributed by atoms with Crippen LogP contribution in [-0.2, 0) is 9.59 Å². The average molecular weight is 344 g/mol. The van der Waals surface area contributed by atoms with Gasteiger partial charge in [-0.05, 0) is 36.8 Å². The van der Waals surface area contributed by atoms with Crippen molar-refractivity contribution in [3.05, 3.63) is 48.0 Å².